The Morgan fingerprint density at radius 1 is 1.43 bits per heavy atom. The highest BCUT2D eigenvalue weighted by molar-refractivity contribution is 4.86. The second-order valence-corrected chi connectivity index (χ2v) is 1.32. The van der Waals surface area contributed by atoms with E-state index in [0.717, 1.165) is 5.82 Å². The van der Waals surface area contributed by atoms with Gasteiger partial charge in [-0.3, -0.25) is 0 Å². The van der Waals surface area contributed by atoms with Gasteiger partial charge >= 0.3 is 0 Å². The third-order valence-corrected chi connectivity index (χ3v) is 0.775. The van der Waals surface area contributed by atoms with Gasteiger partial charge in [-0.15, -0.1) is 0 Å². The molecule has 0 aromatic heterocycles. The standard InChI is InChI=1S/C4H8N2O/c1-4-5-2-7-3-6-4/h5-6H,1-3H2. The Balaban J connectivity index is 2.25. The van der Waals surface area contributed by atoms with Crippen LogP contribution in [0, 0.1) is 0 Å². The summed E-state index contributed by atoms with van der Waals surface area (Å²) in [4.78, 5) is 0. The molecule has 3 nitrogen and oxygen atoms in total. The summed E-state index contributed by atoms with van der Waals surface area (Å²) in [5, 5.41) is 5.71. The van der Waals surface area contributed by atoms with Crippen molar-refractivity contribution in [1.82, 2.24) is 10.6 Å². The molecule has 1 heterocycles. The SMILES string of the molecule is C=C1NCOCN1. The molecule has 0 amide bonds. The average Bonchev–Trinajstić information content (AvgIpc) is 1.69. The number of ether oxygens (including phenoxy) is 1. The summed E-state index contributed by atoms with van der Waals surface area (Å²) in [6, 6.07) is 0. The summed E-state index contributed by atoms with van der Waals surface area (Å²) in [6.07, 6.45) is 0. The van der Waals surface area contributed by atoms with Crippen LogP contribution in [0.25, 0.3) is 0 Å². The van der Waals surface area contributed by atoms with Crippen molar-refractivity contribution in [3.05, 3.63) is 12.4 Å². The molecule has 1 aliphatic rings. The zero-order valence-corrected chi connectivity index (χ0v) is 4.03. The minimum Gasteiger partial charge on any atom is -0.350 e. The quantitative estimate of drug-likeness (QED) is 0.434. The smallest absolute Gasteiger partial charge is 0.119 e. The molecule has 0 unspecified atom stereocenters. The molecule has 1 saturated heterocycles. The van der Waals surface area contributed by atoms with Crippen LogP contribution in [-0.2, 0) is 4.74 Å². The topological polar surface area (TPSA) is 33.3 Å². The molecular weight excluding hydrogens is 92.1 g/mol. The van der Waals surface area contributed by atoms with E-state index in [1.807, 2.05) is 0 Å². The molecule has 1 fully saturated rings. The summed E-state index contributed by atoms with van der Waals surface area (Å²) >= 11 is 0. The molecule has 0 radical (unpaired) electrons. The Kier molecular flexibility index (Phi) is 1.17. The highest BCUT2D eigenvalue weighted by Crippen LogP contribution is 1.82. The maximum Gasteiger partial charge on any atom is 0.119 e. The van der Waals surface area contributed by atoms with Crippen LogP contribution in [0.4, 0.5) is 0 Å². The van der Waals surface area contributed by atoms with E-state index in [1.165, 1.54) is 0 Å². The molecule has 2 N–H and O–H groups in total. The first kappa shape index (κ1) is 4.46. The Hall–Kier alpha value is -0.700. The van der Waals surface area contributed by atoms with Crippen molar-refractivity contribution in [2.24, 2.45) is 0 Å². The van der Waals surface area contributed by atoms with Crippen LogP contribution in [0.5, 0.6) is 0 Å². The Morgan fingerprint density at radius 2 is 2.00 bits per heavy atom. The molecule has 7 heavy (non-hydrogen) atoms. The van der Waals surface area contributed by atoms with Crippen molar-refractivity contribution in [3.63, 3.8) is 0 Å². The molecule has 1 rings (SSSR count). The van der Waals surface area contributed by atoms with Crippen molar-refractivity contribution in [2.75, 3.05) is 13.5 Å². The van der Waals surface area contributed by atoms with E-state index in [9.17, 15) is 0 Å². The van der Waals surface area contributed by atoms with E-state index in [4.69, 9.17) is 4.74 Å². The normalized spacial score (nSPS) is 20.3. The first-order valence-corrected chi connectivity index (χ1v) is 2.14. The zero-order chi connectivity index (χ0) is 5.11. The summed E-state index contributed by atoms with van der Waals surface area (Å²) in [5.41, 5.74) is 0. The predicted molar refractivity (Wildman–Crippen MR) is 26.2 cm³/mol. The van der Waals surface area contributed by atoms with E-state index < -0.39 is 0 Å². The van der Waals surface area contributed by atoms with Crippen molar-refractivity contribution in [3.8, 4) is 0 Å². The fraction of sp³-hybridized carbons (Fsp3) is 0.500. The summed E-state index contributed by atoms with van der Waals surface area (Å²) in [5.74, 6) is 0.839. The van der Waals surface area contributed by atoms with E-state index in [0.29, 0.717) is 13.5 Å². The molecule has 0 aliphatic carbocycles. The van der Waals surface area contributed by atoms with Crippen LogP contribution >= 0.6 is 0 Å². The summed E-state index contributed by atoms with van der Waals surface area (Å²) < 4.78 is 4.86. The van der Waals surface area contributed by atoms with E-state index in [2.05, 4.69) is 17.2 Å². The molecule has 0 atom stereocenters. The molecule has 40 valence electrons. The van der Waals surface area contributed by atoms with Gasteiger partial charge in [-0.05, 0) is 0 Å². The second-order valence-electron chi connectivity index (χ2n) is 1.32. The second kappa shape index (κ2) is 1.84. The lowest BCUT2D eigenvalue weighted by atomic mass is 10.7. The van der Waals surface area contributed by atoms with Crippen LogP contribution < -0.4 is 10.6 Å². The lowest BCUT2D eigenvalue weighted by Crippen LogP contribution is -2.36. The Bertz CT molecular complexity index is 73.8. The third-order valence-electron chi connectivity index (χ3n) is 0.775. The molecule has 0 spiro atoms. The molecule has 0 aromatic carbocycles. The predicted octanol–water partition coefficient (Wildman–Crippen LogP) is -0.418. The van der Waals surface area contributed by atoms with Gasteiger partial charge in [0.25, 0.3) is 0 Å². The molecule has 1 aliphatic heterocycles. The largest absolute Gasteiger partial charge is 0.350 e. The lowest BCUT2D eigenvalue weighted by molar-refractivity contribution is 0.0835. The minimum absolute atomic E-state index is 0.575. The molecule has 3 heteroatoms. The van der Waals surface area contributed by atoms with Crippen LogP contribution in [0.1, 0.15) is 0 Å². The maximum atomic E-state index is 4.86. The van der Waals surface area contributed by atoms with Gasteiger partial charge in [0.05, 0.1) is 5.82 Å². The fourth-order valence-electron chi connectivity index (χ4n) is 0.390. The first-order valence-electron chi connectivity index (χ1n) is 2.14. The summed E-state index contributed by atoms with van der Waals surface area (Å²) in [6.45, 7) is 4.76. The van der Waals surface area contributed by atoms with Crippen LogP contribution in [0.2, 0.25) is 0 Å². The Labute approximate surface area is 42.4 Å². The monoisotopic (exact) mass is 100 g/mol. The van der Waals surface area contributed by atoms with E-state index in [-0.39, 0.29) is 0 Å². The van der Waals surface area contributed by atoms with E-state index in [1.54, 1.807) is 0 Å². The minimum atomic E-state index is 0.575. The van der Waals surface area contributed by atoms with Crippen molar-refractivity contribution in [1.29, 1.82) is 0 Å². The van der Waals surface area contributed by atoms with Gasteiger partial charge in [-0.25, -0.2) is 0 Å². The van der Waals surface area contributed by atoms with Crippen LogP contribution in [0.3, 0.4) is 0 Å². The van der Waals surface area contributed by atoms with Gasteiger partial charge in [0.2, 0.25) is 0 Å². The van der Waals surface area contributed by atoms with Crippen molar-refractivity contribution < 1.29 is 4.74 Å². The lowest BCUT2D eigenvalue weighted by Gasteiger charge is -2.17. The van der Waals surface area contributed by atoms with Gasteiger partial charge in [-0.1, -0.05) is 6.58 Å². The van der Waals surface area contributed by atoms with Crippen LogP contribution in [0.15, 0.2) is 12.4 Å². The van der Waals surface area contributed by atoms with Gasteiger partial charge in [0, 0.05) is 0 Å². The Morgan fingerprint density at radius 3 is 2.29 bits per heavy atom. The first-order chi connectivity index (χ1) is 3.39. The molecule has 0 bridgehead atoms. The summed E-state index contributed by atoms with van der Waals surface area (Å²) in [7, 11) is 0. The van der Waals surface area contributed by atoms with E-state index >= 15 is 0 Å². The van der Waals surface area contributed by atoms with Gasteiger partial charge in [0.15, 0.2) is 0 Å². The highest BCUT2D eigenvalue weighted by atomic mass is 16.5. The molecular formula is C4H8N2O. The maximum absolute atomic E-state index is 4.86. The number of hydrogen-bond acceptors (Lipinski definition) is 3. The highest BCUT2D eigenvalue weighted by Gasteiger charge is 1.95. The van der Waals surface area contributed by atoms with Crippen LogP contribution in [-0.4, -0.2) is 13.5 Å². The zero-order valence-electron chi connectivity index (χ0n) is 4.03. The van der Waals surface area contributed by atoms with Gasteiger partial charge in [-0.2, -0.15) is 0 Å². The molecule has 0 aromatic rings. The number of hydrogen-bond donors (Lipinski definition) is 2. The number of nitrogens with one attached hydrogen (secondary N) is 2. The third kappa shape index (κ3) is 1.08. The average molecular weight is 100 g/mol. The molecule has 0 saturated carbocycles. The van der Waals surface area contributed by atoms with Crippen molar-refractivity contribution in [2.45, 2.75) is 0 Å². The fourth-order valence-corrected chi connectivity index (χ4v) is 0.390. The van der Waals surface area contributed by atoms with Gasteiger partial charge in [0.1, 0.15) is 13.5 Å². The van der Waals surface area contributed by atoms with Crippen molar-refractivity contribution >= 4 is 0 Å². The number of rotatable bonds is 0. The van der Waals surface area contributed by atoms with Gasteiger partial charge < -0.3 is 15.4 Å².